The normalized spacial score (nSPS) is 12.9. The van der Waals surface area contributed by atoms with Gasteiger partial charge in [-0.05, 0) is 23.8 Å². The summed E-state index contributed by atoms with van der Waals surface area (Å²) < 4.78 is 25.2. The van der Waals surface area contributed by atoms with Crippen LogP contribution in [0, 0.1) is 5.82 Å². The first kappa shape index (κ1) is 14.7. The van der Waals surface area contributed by atoms with Gasteiger partial charge < -0.3 is 9.47 Å². The first-order valence-electron chi connectivity index (χ1n) is 6.59. The molecule has 3 rings (SSSR count). The summed E-state index contributed by atoms with van der Waals surface area (Å²) in [5.74, 6) is 0.712. The van der Waals surface area contributed by atoms with E-state index in [-0.39, 0.29) is 18.2 Å². The Hall–Kier alpha value is -1.26. The number of alkyl halides is 1. The van der Waals surface area contributed by atoms with E-state index in [1.807, 2.05) is 12.1 Å². The van der Waals surface area contributed by atoms with Crippen LogP contribution < -0.4 is 9.47 Å². The standard InChI is InChI=1S/C16H13BrClFO2/c17-8-11-2-1-3-14(19)16(11)21-9-12-7-13(18)6-10-4-5-20-15(10)12/h1-3,6-7H,4-5,8-9H2. The lowest BCUT2D eigenvalue weighted by Crippen LogP contribution is -2.02. The molecule has 2 nitrogen and oxygen atoms in total. The fourth-order valence-corrected chi connectivity index (χ4v) is 3.13. The quantitative estimate of drug-likeness (QED) is 0.713. The van der Waals surface area contributed by atoms with Crippen molar-refractivity contribution in [3.05, 3.63) is 57.9 Å². The molecule has 0 radical (unpaired) electrons. The van der Waals surface area contributed by atoms with E-state index in [1.54, 1.807) is 12.1 Å². The maximum absolute atomic E-state index is 13.9. The highest BCUT2D eigenvalue weighted by Crippen LogP contribution is 2.34. The molecule has 110 valence electrons. The summed E-state index contributed by atoms with van der Waals surface area (Å²) in [4.78, 5) is 0. The molecule has 0 N–H and O–H groups in total. The molecule has 0 aliphatic carbocycles. The number of halogens is 3. The minimum absolute atomic E-state index is 0.226. The van der Waals surface area contributed by atoms with Crippen molar-refractivity contribution >= 4 is 27.5 Å². The Morgan fingerprint density at radius 1 is 1.29 bits per heavy atom. The van der Waals surface area contributed by atoms with Crippen LogP contribution in [-0.2, 0) is 18.4 Å². The Kier molecular flexibility index (Phi) is 4.36. The van der Waals surface area contributed by atoms with Gasteiger partial charge in [-0.15, -0.1) is 0 Å². The van der Waals surface area contributed by atoms with Crippen LogP contribution in [0.2, 0.25) is 5.02 Å². The highest BCUT2D eigenvalue weighted by Gasteiger charge is 2.19. The van der Waals surface area contributed by atoms with Gasteiger partial charge in [0.1, 0.15) is 12.4 Å². The van der Waals surface area contributed by atoms with Crippen molar-refractivity contribution in [3.63, 3.8) is 0 Å². The third kappa shape index (κ3) is 3.01. The molecule has 0 bridgehead atoms. The third-order valence-electron chi connectivity index (χ3n) is 3.39. The Morgan fingerprint density at radius 2 is 2.14 bits per heavy atom. The molecule has 2 aromatic rings. The van der Waals surface area contributed by atoms with Crippen LogP contribution in [0.1, 0.15) is 16.7 Å². The number of para-hydroxylation sites is 1. The molecule has 21 heavy (non-hydrogen) atoms. The van der Waals surface area contributed by atoms with Gasteiger partial charge in [-0.2, -0.15) is 0 Å². The Bertz CT molecular complexity index is 676. The molecular formula is C16H13BrClFO2. The molecule has 0 unspecified atom stereocenters. The number of ether oxygens (including phenoxy) is 2. The fraction of sp³-hybridized carbons (Fsp3) is 0.250. The lowest BCUT2D eigenvalue weighted by molar-refractivity contribution is 0.277. The molecule has 1 aliphatic heterocycles. The van der Waals surface area contributed by atoms with Crippen LogP contribution in [-0.4, -0.2) is 6.61 Å². The maximum atomic E-state index is 13.9. The van der Waals surface area contributed by atoms with E-state index >= 15 is 0 Å². The highest BCUT2D eigenvalue weighted by atomic mass is 79.9. The first-order valence-corrected chi connectivity index (χ1v) is 8.09. The summed E-state index contributed by atoms with van der Waals surface area (Å²) in [5, 5.41) is 1.18. The van der Waals surface area contributed by atoms with Gasteiger partial charge in [-0.25, -0.2) is 4.39 Å². The zero-order valence-electron chi connectivity index (χ0n) is 11.2. The van der Waals surface area contributed by atoms with Crippen LogP contribution in [0.5, 0.6) is 11.5 Å². The van der Waals surface area contributed by atoms with Crippen LogP contribution >= 0.6 is 27.5 Å². The van der Waals surface area contributed by atoms with Crippen LogP contribution in [0.25, 0.3) is 0 Å². The predicted molar refractivity (Wildman–Crippen MR) is 84.0 cm³/mol. The number of fused-ring (bicyclic) bond motifs is 1. The van der Waals surface area contributed by atoms with Crippen molar-refractivity contribution in [1.82, 2.24) is 0 Å². The lowest BCUT2D eigenvalue weighted by Gasteiger charge is -2.13. The fourth-order valence-electron chi connectivity index (χ4n) is 2.42. The van der Waals surface area contributed by atoms with Gasteiger partial charge in [0.25, 0.3) is 0 Å². The average Bonchev–Trinajstić information content (AvgIpc) is 2.93. The zero-order chi connectivity index (χ0) is 14.8. The van der Waals surface area contributed by atoms with E-state index in [2.05, 4.69) is 15.9 Å². The number of benzene rings is 2. The van der Waals surface area contributed by atoms with Crippen molar-refractivity contribution in [3.8, 4) is 11.5 Å². The first-order chi connectivity index (χ1) is 10.2. The second kappa shape index (κ2) is 6.24. The van der Waals surface area contributed by atoms with Crippen molar-refractivity contribution in [2.24, 2.45) is 0 Å². The highest BCUT2D eigenvalue weighted by molar-refractivity contribution is 9.08. The van der Waals surface area contributed by atoms with Crippen LogP contribution in [0.15, 0.2) is 30.3 Å². The largest absolute Gasteiger partial charge is 0.493 e. The van der Waals surface area contributed by atoms with Crippen molar-refractivity contribution in [1.29, 1.82) is 0 Å². The maximum Gasteiger partial charge on any atom is 0.165 e. The van der Waals surface area contributed by atoms with Crippen molar-refractivity contribution in [2.75, 3.05) is 6.61 Å². The predicted octanol–water partition coefficient (Wildman–Crippen LogP) is 4.89. The molecule has 0 fully saturated rings. The van der Waals surface area contributed by atoms with Gasteiger partial charge in [-0.1, -0.05) is 39.7 Å². The van der Waals surface area contributed by atoms with Gasteiger partial charge in [0.2, 0.25) is 0 Å². The summed E-state index contributed by atoms with van der Waals surface area (Å²) >= 11 is 9.45. The number of rotatable bonds is 4. The minimum Gasteiger partial charge on any atom is -0.493 e. The zero-order valence-corrected chi connectivity index (χ0v) is 13.5. The summed E-state index contributed by atoms with van der Waals surface area (Å²) in [6.45, 7) is 0.874. The van der Waals surface area contributed by atoms with E-state index in [1.165, 1.54) is 6.07 Å². The van der Waals surface area contributed by atoms with Gasteiger partial charge in [0.05, 0.1) is 6.61 Å². The third-order valence-corrected chi connectivity index (χ3v) is 4.21. The molecular weight excluding hydrogens is 359 g/mol. The second-order valence-electron chi connectivity index (χ2n) is 4.80. The van der Waals surface area contributed by atoms with Gasteiger partial charge >= 0.3 is 0 Å². The number of hydrogen-bond acceptors (Lipinski definition) is 2. The minimum atomic E-state index is -0.369. The molecule has 0 spiro atoms. The van der Waals surface area contributed by atoms with Gasteiger partial charge in [-0.3, -0.25) is 0 Å². The van der Waals surface area contributed by atoms with Gasteiger partial charge in [0, 0.05) is 27.9 Å². The Morgan fingerprint density at radius 3 is 2.95 bits per heavy atom. The molecule has 0 atom stereocenters. The summed E-state index contributed by atoms with van der Waals surface area (Å²) in [6, 6.07) is 8.59. The molecule has 5 heteroatoms. The molecule has 0 aromatic heterocycles. The number of hydrogen-bond donors (Lipinski definition) is 0. The van der Waals surface area contributed by atoms with Gasteiger partial charge in [0.15, 0.2) is 11.6 Å². The second-order valence-corrected chi connectivity index (χ2v) is 5.80. The van der Waals surface area contributed by atoms with E-state index < -0.39 is 0 Å². The summed E-state index contributed by atoms with van der Waals surface area (Å²) in [5.41, 5.74) is 2.70. The topological polar surface area (TPSA) is 18.5 Å². The van der Waals surface area contributed by atoms with E-state index in [4.69, 9.17) is 21.1 Å². The van der Waals surface area contributed by atoms with Crippen molar-refractivity contribution < 1.29 is 13.9 Å². The smallest absolute Gasteiger partial charge is 0.165 e. The summed E-state index contributed by atoms with van der Waals surface area (Å²) in [7, 11) is 0. The van der Waals surface area contributed by atoms with Crippen molar-refractivity contribution in [2.45, 2.75) is 18.4 Å². The molecule has 2 aromatic carbocycles. The van der Waals surface area contributed by atoms with Crippen LogP contribution in [0.3, 0.4) is 0 Å². The lowest BCUT2D eigenvalue weighted by atomic mass is 10.1. The van der Waals surface area contributed by atoms with E-state index in [9.17, 15) is 4.39 Å². The molecule has 0 saturated heterocycles. The van der Waals surface area contributed by atoms with Crippen LogP contribution in [0.4, 0.5) is 4.39 Å². The molecule has 1 aliphatic rings. The molecule has 1 heterocycles. The molecule has 0 saturated carbocycles. The molecule has 0 amide bonds. The van der Waals surface area contributed by atoms with E-state index in [0.29, 0.717) is 17.0 Å². The summed E-state index contributed by atoms with van der Waals surface area (Å²) in [6.07, 6.45) is 0.843. The average molecular weight is 372 g/mol. The van der Waals surface area contributed by atoms with E-state index in [0.717, 1.165) is 28.9 Å². The SMILES string of the molecule is Fc1cccc(CBr)c1OCc1cc(Cl)cc2c1OCC2. The Balaban J connectivity index is 1.86. The Labute approximate surface area is 136 Å². The monoisotopic (exact) mass is 370 g/mol.